The molecule has 20 heavy (non-hydrogen) atoms. The Hall–Kier alpha value is -2.13. The van der Waals surface area contributed by atoms with Gasteiger partial charge in [-0.1, -0.05) is 18.2 Å². The van der Waals surface area contributed by atoms with Crippen molar-refractivity contribution in [2.24, 2.45) is 0 Å². The molecule has 0 fully saturated rings. The minimum Gasteiger partial charge on any atom is -0.456 e. The monoisotopic (exact) mass is 269 g/mol. The van der Waals surface area contributed by atoms with Gasteiger partial charge in [0.1, 0.15) is 17.2 Å². The van der Waals surface area contributed by atoms with Crippen LogP contribution in [-0.4, -0.2) is 7.05 Å². The zero-order valence-corrected chi connectivity index (χ0v) is 11.5. The Kier molecular flexibility index (Phi) is 3.28. The molecule has 3 aromatic rings. The third kappa shape index (κ3) is 2.32. The minimum atomic E-state index is -0.248. The molecule has 0 aliphatic rings. The van der Waals surface area contributed by atoms with Crippen LogP contribution in [0.5, 0.6) is 0 Å². The second kappa shape index (κ2) is 5.10. The Morgan fingerprint density at radius 2 is 1.95 bits per heavy atom. The number of rotatable bonds is 3. The van der Waals surface area contributed by atoms with Gasteiger partial charge in [-0.05, 0) is 49.9 Å². The van der Waals surface area contributed by atoms with Crippen LogP contribution in [0.25, 0.3) is 22.3 Å². The number of halogens is 1. The third-order valence-corrected chi connectivity index (χ3v) is 3.58. The minimum absolute atomic E-state index is 0.248. The molecule has 0 radical (unpaired) electrons. The highest BCUT2D eigenvalue weighted by Crippen LogP contribution is 2.29. The van der Waals surface area contributed by atoms with Crippen molar-refractivity contribution in [2.45, 2.75) is 13.0 Å². The molecule has 1 atom stereocenters. The number of fused-ring (bicyclic) bond motifs is 1. The molecule has 0 spiro atoms. The van der Waals surface area contributed by atoms with Gasteiger partial charge in [0.05, 0.1) is 0 Å². The number of benzene rings is 2. The normalized spacial score (nSPS) is 12.8. The first-order valence-corrected chi connectivity index (χ1v) is 6.64. The van der Waals surface area contributed by atoms with E-state index in [9.17, 15) is 4.39 Å². The highest BCUT2D eigenvalue weighted by atomic mass is 19.1. The summed E-state index contributed by atoms with van der Waals surface area (Å²) in [4.78, 5) is 0. The second-order valence-corrected chi connectivity index (χ2v) is 4.93. The van der Waals surface area contributed by atoms with Gasteiger partial charge in [-0.2, -0.15) is 0 Å². The van der Waals surface area contributed by atoms with Crippen molar-refractivity contribution in [2.75, 3.05) is 7.05 Å². The Morgan fingerprint density at radius 1 is 1.10 bits per heavy atom. The van der Waals surface area contributed by atoms with Gasteiger partial charge in [0.15, 0.2) is 0 Å². The summed E-state index contributed by atoms with van der Waals surface area (Å²) in [6.45, 7) is 2.10. The van der Waals surface area contributed by atoms with Crippen LogP contribution >= 0.6 is 0 Å². The molecule has 1 unspecified atom stereocenters. The smallest absolute Gasteiger partial charge is 0.135 e. The first-order chi connectivity index (χ1) is 9.67. The molecule has 1 heterocycles. The molecular weight excluding hydrogens is 253 g/mol. The van der Waals surface area contributed by atoms with Crippen LogP contribution in [0.2, 0.25) is 0 Å². The lowest BCUT2D eigenvalue weighted by molar-refractivity contribution is 0.618. The van der Waals surface area contributed by atoms with E-state index in [0.29, 0.717) is 5.58 Å². The van der Waals surface area contributed by atoms with Gasteiger partial charge in [-0.15, -0.1) is 0 Å². The lowest BCUT2D eigenvalue weighted by Gasteiger charge is -2.11. The van der Waals surface area contributed by atoms with Crippen LogP contribution in [0.4, 0.5) is 4.39 Å². The second-order valence-electron chi connectivity index (χ2n) is 4.93. The molecule has 3 rings (SSSR count). The van der Waals surface area contributed by atoms with Gasteiger partial charge in [0.25, 0.3) is 0 Å². The lowest BCUT2D eigenvalue weighted by atomic mass is 10.0. The maximum absolute atomic E-state index is 13.2. The van der Waals surface area contributed by atoms with Crippen molar-refractivity contribution in [3.63, 3.8) is 0 Å². The van der Waals surface area contributed by atoms with E-state index in [0.717, 1.165) is 16.7 Å². The molecular formula is C17H16FNO. The van der Waals surface area contributed by atoms with E-state index in [2.05, 4.69) is 24.4 Å². The van der Waals surface area contributed by atoms with E-state index in [1.54, 1.807) is 6.07 Å². The van der Waals surface area contributed by atoms with E-state index >= 15 is 0 Å². The molecule has 0 aliphatic heterocycles. The predicted molar refractivity (Wildman–Crippen MR) is 79.1 cm³/mol. The average Bonchev–Trinajstić information content (AvgIpc) is 2.89. The fourth-order valence-corrected chi connectivity index (χ4v) is 2.28. The summed E-state index contributed by atoms with van der Waals surface area (Å²) in [6.07, 6.45) is 0. The summed E-state index contributed by atoms with van der Waals surface area (Å²) in [6, 6.07) is 14.9. The maximum Gasteiger partial charge on any atom is 0.135 e. The topological polar surface area (TPSA) is 25.2 Å². The molecule has 0 amide bonds. The van der Waals surface area contributed by atoms with Gasteiger partial charge < -0.3 is 9.73 Å². The van der Waals surface area contributed by atoms with E-state index in [-0.39, 0.29) is 11.9 Å². The summed E-state index contributed by atoms with van der Waals surface area (Å²) in [7, 11) is 1.93. The largest absolute Gasteiger partial charge is 0.456 e. The highest BCUT2D eigenvalue weighted by Gasteiger charge is 2.09. The molecule has 2 nitrogen and oxygen atoms in total. The molecule has 0 bridgehead atoms. The van der Waals surface area contributed by atoms with Crippen LogP contribution < -0.4 is 5.32 Å². The Labute approximate surface area is 117 Å². The first-order valence-electron chi connectivity index (χ1n) is 6.64. The van der Waals surface area contributed by atoms with Crippen molar-refractivity contribution >= 4 is 11.0 Å². The van der Waals surface area contributed by atoms with E-state index in [4.69, 9.17) is 4.42 Å². The molecule has 1 N–H and O–H groups in total. The first kappa shape index (κ1) is 12.9. The van der Waals surface area contributed by atoms with Gasteiger partial charge in [-0.25, -0.2) is 4.39 Å². The molecule has 0 saturated heterocycles. The fourth-order valence-electron chi connectivity index (χ4n) is 2.28. The van der Waals surface area contributed by atoms with E-state index in [1.165, 1.54) is 17.7 Å². The molecule has 3 heteroatoms. The Morgan fingerprint density at radius 3 is 2.75 bits per heavy atom. The van der Waals surface area contributed by atoms with Gasteiger partial charge >= 0.3 is 0 Å². The predicted octanol–water partition coefficient (Wildman–Crippen LogP) is 4.52. The van der Waals surface area contributed by atoms with Crippen LogP contribution in [-0.2, 0) is 0 Å². The van der Waals surface area contributed by atoms with Crippen LogP contribution in [0.1, 0.15) is 18.5 Å². The fraction of sp³-hybridized carbons (Fsp3) is 0.176. The number of nitrogens with one attached hydrogen (secondary N) is 1. The molecule has 102 valence electrons. The van der Waals surface area contributed by atoms with Crippen LogP contribution in [0.15, 0.2) is 52.9 Å². The van der Waals surface area contributed by atoms with Gasteiger partial charge in [-0.3, -0.25) is 0 Å². The van der Waals surface area contributed by atoms with Gasteiger partial charge in [0, 0.05) is 17.0 Å². The molecule has 2 aromatic carbocycles. The number of furan rings is 1. The summed E-state index contributed by atoms with van der Waals surface area (Å²) < 4.78 is 19.0. The van der Waals surface area contributed by atoms with Crippen molar-refractivity contribution < 1.29 is 8.81 Å². The molecule has 0 aliphatic carbocycles. The lowest BCUT2D eigenvalue weighted by Crippen LogP contribution is -2.11. The zero-order valence-electron chi connectivity index (χ0n) is 11.5. The average molecular weight is 269 g/mol. The Bertz CT molecular complexity index is 748. The zero-order chi connectivity index (χ0) is 14.1. The SMILES string of the molecule is CNC(C)c1cccc(-c2cc3cc(F)ccc3o2)c1. The van der Waals surface area contributed by atoms with Gasteiger partial charge in [0.2, 0.25) is 0 Å². The summed E-state index contributed by atoms with van der Waals surface area (Å²) in [5.74, 6) is 0.512. The van der Waals surface area contributed by atoms with Crippen molar-refractivity contribution in [1.29, 1.82) is 0 Å². The van der Waals surface area contributed by atoms with E-state index < -0.39 is 0 Å². The van der Waals surface area contributed by atoms with E-state index in [1.807, 2.05) is 25.2 Å². The van der Waals surface area contributed by atoms with Crippen LogP contribution in [0.3, 0.4) is 0 Å². The summed E-state index contributed by atoms with van der Waals surface area (Å²) >= 11 is 0. The summed E-state index contributed by atoms with van der Waals surface area (Å²) in [5, 5.41) is 4.00. The standard InChI is InChI=1S/C17H16FNO/c1-11(19-2)12-4-3-5-13(8-12)17-10-14-9-15(18)6-7-16(14)20-17/h3-11,19H,1-2H3. The number of hydrogen-bond acceptors (Lipinski definition) is 2. The van der Waals surface area contributed by atoms with Crippen molar-refractivity contribution in [1.82, 2.24) is 5.32 Å². The third-order valence-electron chi connectivity index (χ3n) is 3.58. The van der Waals surface area contributed by atoms with Crippen molar-refractivity contribution in [3.8, 4) is 11.3 Å². The quantitative estimate of drug-likeness (QED) is 0.756. The molecule has 1 aromatic heterocycles. The van der Waals surface area contributed by atoms with Crippen LogP contribution in [0, 0.1) is 5.82 Å². The number of hydrogen-bond donors (Lipinski definition) is 1. The Balaban J connectivity index is 2.06. The highest BCUT2D eigenvalue weighted by molar-refractivity contribution is 5.82. The molecule has 0 saturated carbocycles. The summed E-state index contributed by atoms with van der Waals surface area (Å²) in [5.41, 5.74) is 2.89. The maximum atomic E-state index is 13.2. The van der Waals surface area contributed by atoms with Crippen molar-refractivity contribution in [3.05, 3.63) is 59.9 Å².